The molecule has 1 fully saturated rings. The van der Waals surface area contributed by atoms with E-state index in [0.717, 1.165) is 30.4 Å². The van der Waals surface area contributed by atoms with Gasteiger partial charge in [-0.05, 0) is 111 Å². The maximum atomic E-state index is 14.0. The normalized spacial score (nSPS) is 16.5. The van der Waals surface area contributed by atoms with Crippen molar-refractivity contribution in [1.82, 2.24) is 42.3 Å². The number of carbonyl (C=O) groups is 8. The van der Waals surface area contributed by atoms with E-state index in [9.17, 15) is 38.4 Å². The minimum absolute atomic E-state index is 0.0258. The lowest BCUT2D eigenvalue weighted by Crippen LogP contribution is -2.58. The third-order valence-electron chi connectivity index (χ3n) is 12.4. The average Bonchev–Trinajstić information content (AvgIpc) is 3.35. The summed E-state index contributed by atoms with van der Waals surface area (Å²) in [6.45, 7) is 17.2. The van der Waals surface area contributed by atoms with Crippen molar-refractivity contribution in [2.24, 2.45) is 0 Å². The molecule has 1 aliphatic heterocycles. The Balaban J connectivity index is 1.48. The van der Waals surface area contributed by atoms with Crippen LogP contribution in [0.4, 0.5) is 4.79 Å². The third-order valence-corrected chi connectivity index (χ3v) is 12.4. The monoisotopic (exact) mass is 1040 g/mol. The highest BCUT2D eigenvalue weighted by Crippen LogP contribution is 2.40. The Morgan fingerprint density at radius 3 is 1.57 bits per heavy atom. The molecular formula is C55H78N8O12. The van der Waals surface area contributed by atoms with Gasteiger partial charge in [-0.15, -0.1) is 0 Å². The third kappa shape index (κ3) is 20.4. The van der Waals surface area contributed by atoms with Gasteiger partial charge in [-0.2, -0.15) is 5.06 Å². The van der Waals surface area contributed by atoms with Crippen LogP contribution in [0, 0.1) is 0 Å². The Hall–Kier alpha value is -6.90. The van der Waals surface area contributed by atoms with Crippen molar-refractivity contribution in [2.75, 3.05) is 26.8 Å². The van der Waals surface area contributed by atoms with Gasteiger partial charge < -0.3 is 51.4 Å². The number of nitrogens with zero attached hydrogens (tertiary/aromatic N) is 1. The molecule has 1 saturated heterocycles. The molecule has 1 heterocycles. The van der Waals surface area contributed by atoms with Crippen LogP contribution in [-0.4, -0.2) is 126 Å². The second kappa shape index (κ2) is 28.1. The first-order chi connectivity index (χ1) is 35.3. The number of alkyl carbamates (subject to hydrolysis) is 1. The molecule has 6 atom stereocenters. The predicted octanol–water partition coefficient (Wildman–Crippen LogP) is 4.00. The van der Waals surface area contributed by atoms with Crippen molar-refractivity contribution < 1.29 is 57.4 Å². The Morgan fingerprint density at radius 2 is 1.08 bits per heavy atom. The van der Waals surface area contributed by atoms with Gasteiger partial charge in [-0.3, -0.25) is 38.4 Å². The standard InChI is InChI=1S/C55H78N8O12/c1-35(47(66)61-43(30-39-21-16-13-17-22-39)50(69)57-32-46(65)72-11)58-51(70)44(34-73-33-40-23-25-41(26-24-40)37(3)75-63-54(7,8)27-18-28-55(63,9)10)60-45(64)31-56-49(68)42(29-38-19-14-12-15-20-38)62-48(67)36(2)59-52(71)74-53(4,5)6/h12-17,19-26,35-37,42-44H,18,27-34H2,1-11H3,(H,56,68)(H,57,69)(H,58,70)(H,59,71)(H,60,64)(H,61,66)(H,62,67)/t35-,36-,37?,42-,43-,44-/m0/s1. The number of esters is 1. The van der Waals surface area contributed by atoms with Crippen molar-refractivity contribution in [3.05, 3.63) is 107 Å². The first-order valence-corrected chi connectivity index (χ1v) is 25.3. The molecule has 0 aliphatic carbocycles. The summed E-state index contributed by atoms with van der Waals surface area (Å²) in [6, 6.07) is 19.2. The molecule has 0 aromatic heterocycles. The molecule has 3 aromatic rings. The zero-order valence-corrected chi connectivity index (χ0v) is 45.3. The molecule has 1 aliphatic rings. The van der Waals surface area contributed by atoms with Gasteiger partial charge in [0.05, 0.1) is 26.9 Å². The molecule has 1 unspecified atom stereocenters. The number of piperidine rings is 1. The Labute approximate surface area is 440 Å². The second-order valence-corrected chi connectivity index (χ2v) is 21.0. The number of carbonyl (C=O) groups excluding carboxylic acids is 8. The fraction of sp³-hybridized carbons (Fsp3) is 0.527. The van der Waals surface area contributed by atoms with E-state index in [1.54, 1.807) is 81.4 Å². The predicted molar refractivity (Wildman–Crippen MR) is 280 cm³/mol. The summed E-state index contributed by atoms with van der Waals surface area (Å²) < 4.78 is 15.9. The van der Waals surface area contributed by atoms with Gasteiger partial charge in [0, 0.05) is 23.9 Å². The Morgan fingerprint density at radius 1 is 0.587 bits per heavy atom. The first-order valence-electron chi connectivity index (χ1n) is 25.3. The van der Waals surface area contributed by atoms with Gasteiger partial charge in [0.1, 0.15) is 48.5 Å². The van der Waals surface area contributed by atoms with Crippen molar-refractivity contribution in [3.63, 3.8) is 0 Å². The first kappa shape index (κ1) is 60.7. The van der Waals surface area contributed by atoms with Crippen LogP contribution in [0.1, 0.15) is 117 Å². The molecule has 20 heteroatoms. The number of benzene rings is 3. The minimum atomic E-state index is -1.41. The lowest BCUT2D eigenvalue weighted by molar-refractivity contribution is -0.304. The Bertz CT molecular complexity index is 2380. The van der Waals surface area contributed by atoms with Gasteiger partial charge in [0.2, 0.25) is 35.4 Å². The van der Waals surface area contributed by atoms with Crippen LogP contribution in [-0.2, 0) is 72.1 Å². The number of rotatable bonds is 25. The maximum Gasteiger partial charge on any atom is 0.408 e. The zero-order chi connectivity index (χ0) is 55.5. The fourth-order valence-electron chi connectivity index (χ4n) is 8.37. The highest BCUT2D eigenvalue weighted by atomic mass is 16.7. The molecular weight excluding hydrogens is 965 g/mol. The van der Waals surface area contributed by atoms with E-state index < -0.39 is 96.4 Å². The number of amides is 7. The number of ether oxygens (including phenoxy) is 3. The number of nitrogens with one attached hydrogen (secondary N) is 7. The SMILES string of the molecule is COC(=O)CNC(=O)[C@H](Cc1ccccc1)NC(=O)[C@H](C)NC(=O)[C@H](COCc1ccc(C(C)ON2C(C)(C)CCCC2(C)C)cc1)NC(=O)CNC(=O)[C@H](Cc1ccccc1)NC(=O)[C@H](C)NC(=O)OC(C)(C)C. The quantitative estimate of drug-likeness (QED) is 0.0593. The van der Waals surface area contributed by atoms with Crippen LogP contribution in [0.15, 0.2) is 84.9 Å². The van der Waals surface area contributed by atoms with E-state index in [0.29, 0.717) is 11.1 Å². The lowest BCUT2D eigenvalue weighted by Gasteiger charge is -2.52. The van der Waals surface area contributed by atoms with E-state index in [2.05, 4.69) is 74.7 Å². The minimum Gasteiger partial charge on any atom is -0.468 e. The molecule has 410 valence electrons. The second-order valence-electron chi connectivity index (χ2n) is 21.0. The highest BCUT2D eigenvalue weighted by molar-refractivity contribution is 5.96. The Kier molecular flexibility index (Phi) is 22.7. The average molecular weight is 1040 g/mol. The van der Waals surface area contributed by atoms with Crippen molar-refractivity contribution in [2.45, 2.75) is 161 Å². The number of hydroxylamine groups is 2. The van der Waals surface area contributed by atoms with E-state index in [4.69, 9.17) is 14.3 Å². The van der Waals surface area contributed by atoms with Crippen molar-refractivity contribution in [1.29, 1.82) is 0 Å². The molecule has 7 amide bonds. The zero-order valence-electron chi connectivity index (χ0n) is 45.3. The summed E-state index contributed by atoms with van der Waals surface area (Å²) in [5.41, 5.74) is 1.99. The summed E-state index contributed by atoms with van der Waals surface area (Å²) in [5, 5.41) is 20.0. The number of methoxy groups -OCH3 is 1. The van der Waals surface area contributed by atoms with Crippen molar-refractivity contribution >= 4 is 47.5 Å². The number of hydrogen-bond donors (Lipinski definition) is 7. The highest BCUT2D eigenvalue weighted by Gasteiger charge is 2.43. The van der Waals surface area contributed by atoms with Crippen molar-refractivity contribution in [3.8, 4) is 0 Å². The van der Waals surface area contributed by atoms with Crippen LogP contribution < -0.4 is 37.2 Å². The summed E-state index contributed by atoms with van der Waals surface area (Å²) in [5.74, 6) is -5.16. The largest absolute Gasteiger partial charge is 0.468 e. The maximum absolute atomic E-state index is 14.0. The molecule has 0 radical (unpaired) electrons. The molecule has 0 bridgehead atoms. The summed E-state index contributed by atoms with van der Waals surface area (Å²) in [7, 11) is 1.17. The summed E-state index contributed by atoms with van der Waals surface area (Å²) in [6.07, 6.45) is 2.14. The van der Waals surface area contributed by atoms with E-state index >= 15 is 0 Å². The smallest absolute Gasteiger partial charge is 0.408 e. The molecule has 75 heavy (non-hydrogen) atoms. The summed E-state index contributed by atoms with van der Waals surface area (Å²) >= 11 is 0. The molecule has 4 rings (SSSR count). The summed E-state index contributed by atoms with van der Waals surface area (Å²) in [4.78, 5) is 112. The van der Waals surface area contributed by atoms with E-state index in [1.807, 2.05) is 31.2 Å². The fourth-order valence-corrected chi connectivity index (χ4v) is 8.37. The molecule has 0 spiro atoms. The van der Waals surface area contributed by atoms with Gasteiger partial charge in [-0.1, -0.05) is 84.9 Å². The topological polar surface area (TPSA) is 261 Å². The van der Waals surface area contributed by atoms with Crippen LogP contribution in [0.25, 0.3) is 0 Å². The van der Waals surface area contributed by atoms with Crippen LogP contribution in [0.5, 0.6) is 0 Å². The van der Waals surface area contributed by atoms with Gasteiger partial charge >= 0.3 is 12.1 Å². The molecule has 20 nitrogen and oxygen atoms in total. The lowest BCUT2D eigenvalue weighted by atomic mass is 9.82. The van der Waals surface area contributed by atoms with Gasteiger partial charge in [-0.25, -0.2) is 4.79 Å². The van der Waals surface area contributed by atoms with Crippen LogP contribution >= 0.6 is 0 Å². The number of hydrogen-bond acceptors (Lipinski definition) is 13. The van der Waals surface area contributed by atoms with E-state index in [1.165, 1.54) is 21.0 Å². The van der Waals surface area contributed by atoms with Gasteiger partial charge in [0.15, 0.2) is 0 Å². The van der Waals surface area contributed by atoms with Crippen LogP contribution in [0.3, 0.4) is 0 Å². The molecule has 0 saturated carbocycles. The molecule has 7 N–H and O–H groups in total. The molecule has 3 aromatic carbocycles. The van der Waals surface area contributed by atoms with E-state index in [-0.39, 0.29) is 43.2 Å². The van der Waals surface area contributed by atoms with Crippen LogP contribution in [0.2, 0.25) is 0 Å². The van der Waals surface area contributed by atoms with Gasteiger partial charge in [0.25, 0.3) is 0 Å².